The molecule has 1 fully saturated rings. The highest BCUT2D eigenvalue weighted by molar-refractivity contribution is 5.88. The molecule has 1 atom stereocenters. The maximum Gasteiger partial charge on any atom is 0.416 e. The highest BCUT2D eigenvalue weighted by atomic mass is 16.6. The fourth-order valence-corrected chi connectivity index (χ4v) is 4.73. The van der Waals surface area contributed by atoms with Crippen LogP contribution in [-0.4, -0.2) is 51.5 Å². The van der Waals surface area contributed by atoms with E-state index in [2.05, 4.69) is 62.9 Å². The number of ether oxygens (including phenoxy) is 1. The number of carbonyl (C=O) groups is 1. The summed E-state index contributed by atoms with van der Waals surface area (Å²) in [5.74, 6) is 0.859. The van der Waals surface area contributed by atoms with Crippen LogP contribution >= 0.6 is 0 Å². The van der Waals surface area contributed by atoms with Crippen molar-refractivity contribution < 1.29 is 9.53 Å². The van der Waals surface area contributed by atoms with E-state index in [0.29, 0.717) is 23.8 Å². The number of nitriles is 1. The third-order valence-corrected chi connectivity index (χ3v) is 6.85. The predicted octanol–water partition coefficient (Wildman–Crippen LogP) is 6.58. The predicted molar refractivity (Wildman–Crippen MR) is 151 cm³/mol. The largest absolute Gasteiger partial charge is 0.443 e. The Labute approximate surface area is 226 Å². The topological polar surface area (TPSA) is 74.4 Å². The fraction of sp³-hybridized carbons (Fsp3) is 0.452. The van der Waals surface area contributed by atoms with E-state index in [4.69, 9.17) is 9.84 Å². The molecule has 0 spiro atoms. The first-order chi connectivity index (χ1) is 17.8. The molecule has 1 aliphatic heterocycles. The molecule has 0 saturated carbocycles. The van der Waals surface area contributed by atoms with Crippen molar-refractivity contribution in [2.75, 3.05) is 24.5 Å². The van der Waals surface area contributed by atoms with Gasteiger partial charge in [0.05, 0.1) is 23.0 Å². The van der Waals surface area contributed by atoms with Gasteiger partial charge in [-0.3, -0.25) is 9.80 Å². The smallest absolute Gasteiger partial charge is 0.416 e. The van der Waals surface area contributed by atoms with E-state index < -0.39 is 11.7 Å². The molecule has 0 radical (unpaired) electrons. The monoisotopic (exact) mass is 513 g/mol. The number of aromatic nitrogens is 2. The van der Waals surface area contributed by atoms with E-state index in [1.54, 1.807) is 17.0 Å². The second kappa shape index (κ2) is 10.6. The molecule has 2 heterocycles. The van der Waals surface area contributed by atoms with Gasteiger partial charge in [0, 0.05) is 30.3 Å². The molecule has 7 nitrogen and oxygen atoms in total. The van der Waals surface area contributed by atoms with Gasteiger partial charge in [0.1, 0.15) is 5.60 Å². The first-order valence-corrected chi connectivity index (χ1v) is 13.3. The fourth-order valence-electron chi connectivity index (χ4n) is 4.73. The van der Waals surface area contributed by atoms with E-state index in [9.17, 15) is 10.1 Å². The zero-order chi connectivity index (χ0) is 27.7. The SMILES string of the molecule is Cc1ccc(-c2cc(N(CC3CCN(C(C)(C)C)C3)C(=O)OC(C)(C)C)nn2-c2ccc(C#N)cc2)cc1. The van der Waals surface area contributed by atoms with Crippen molar-refractivity contribution in [3.63, 3.8) is 0 Å². The number of hydrogen-bond donors (Lipinski definition) is 0. The molecule has 1 unspecified atom stereocenters. The Kier molecular flexibility index (Phi) is 7.66. The van der Waals surface area contributed by atoms with Crippen LogP contribution in [0.4, 0.5) is 10.6 Å². The van der Waals surface area contributed by atoms with Gasteiger partial charge in [-0.05, 0) is 91.6 Å². The zero-order valence-electron chi connectivity index (χ0n) is 23.7. The van der Waals surface area contributed by atoms with Gasteiger partial charge in [0.2, 0.25) is 0 Å². The minimum Gasteiger partial charge on any atom is -0.443 e. The molecular weight excluding hydrogens is 474 g/mol. The average Bonchev–Trinajstić information content (AvgIpc) is 3.50. The van der Waals surface area contributed by atoms with Crippen LogP contribution in [0.2, 0.25) is 0 Å². The maximum atomic E-state index is 13.6. The lowest BCUT2D eigenvalue weighted by Gasteiger charge is -2.32. The van der Waals surface area contributed by atoms with Crippen LogP contribution in [0.1, 0.15) is 59.1 Å². The first kappa shape index (κ1) is 27.4. The molecule has 7 heteroatoms. The van der Waals surface area contributed by atoms with E-state index in [1.165, 1.54) is 5.56 Å². The van der Waals surface area contributed by atoms with E-state index in [1.807, 2.05) is 43.7 Å². The van der Waals surface area contributed by atoms with Crippen LogP contribution in [0.5, 0.6) is 0 Å². The van der Waals surface area contributed by atoms with Crippen LogP contribution in [0.15, 0.2) is 54.6 Å². The van der Waals surface area contributed by atoms with Crippen molar-refractivity contribution in [1.82, 2.24) is 14.7 Å². The van der Waals surface area contributed by atoms with Gasteiger partial charge in [-0.15, -0.1) is 5.10 Å². The molecule has 0 bridgehead atoms. The number of amides is 1. The third-order valence-electron chi connectivity index (χ3n) is 6.85. The maximum absolute atomic E-state index is 13.6. The molecule has 38 heavy (non-hydrogen) atoms. The summed E-state index contributed by atoms with van der Waals surface area (Å²) < 4.78 is 7.70. The van der Waals surface area contributed by atoms with Crippen LogP contribution in [0.3, 0.4) is 0 Å². The Bertz CT molecular complexity index is 1300. The van der Waals surface area contributed by atoms with Gasteiger partial charge in [0.15, 0.2) is 5.82 Å². The number of likely N-dealkylation sites (tertiary alicyclic amines) is 1. The van der Waals surface area contributed by atoms with Gasteiger partial charge in [-0.25, -0.2) is 9.48 Å². The molecule has 1 aromatic heterocycles. The molecular formula is C31H39N5O2. The quantitative estimate of drug-likeness (QED) is 0.385. The number of nitrogens with zero attached hydrogens (tertiary/aromatic N) is 5. The summed E-state index contributed by atoms with van der Waals surface area (Å²) in [6, 6.07) is 19.7. The summed E-state index contributed by atoms with van der Waals surface area (Å²) in [4.78, 5) is 17.7. The number of rotatable bonds is 5. The van der Waals surface area contributed by atoms with Crippen molar-refractivity contribution in [2.45, 2.75) is 66.0 Å². The Morgan fingerprint density at radius 3 is 2.29 bits per heavy atom. The lowest BCUT2D eigenvalue weighted by atomic mass is 10.1. The normalized spacial score (nSPS) is 16.3. The van der Waals surface area contributed by atoms with E-state index >= 15 is 0 Å². The third kappa shape index (κ3) is 6.43. The van der Waals surface area contributed by atoms with Crippen LogP contribution in [-0.2, 0) is 4.74 Å². The first-order valence-electron chi connectivity index (χ1n) is 13.3. The molecule has 3 aromatic rings. The summed E-state index contributed by atoms with van der Waals surface area (Å²) in [6.07, 6.45) is 0.615. The lowest BCUT2D eigenvalue weighted by molar-refractivity contribution is 0.0573. The number of benzene rings is 2. The number of aryl methyl sites for hydroxylation is 1. The Morgan fingerprint density at radius 1 is 1.08 bits per heavy atom. The summed E-state index contributed by atoms with van der Waals surface area (Å²) in [6.45, 7) is 16.8. The van der Waals surface area contributed by atoms with Crippen LogP contribution in [0, 0.1) is 24.2 Å². The van der Waals surface area contributed by atoms with Crippen molar-refractivity contribution in [3.8, 4) is 23.0 Å². The summed E-state index contributed by atoms with van der Waals surface area (Å²) >= 11 is 0. The zero-order valence-corrected chi connectivity index (χ0v) is 23.7. The molecule has 1 saturated heterocycles. The number of hydrogen-bond acceptors (Lipinski definition) is 5. The van der Waals surface area contributed by atoms with Gasteiger partial charge in [-0.1, -0.05) is 29.8 Å². The summed E-state index contributed by atoms with van der Waals surface area (Å²) in [5, 5.41) is 14.2. The van der Waals surface area contributed by atoms with Crippen LogP contribution in [0.25, 0.3) is 16.9 Å². The van der Waals surface area contributed by atoms with E-state index in [-0.39, 0.29) is 5.54 Å². The average molecular weight is 514 g/mol. The second-order valence-electron chi connectivity index (χ2n) is 12.2. The Morgan fingerprint density at radius 2 is 1.74 bits per heavy atom. The minimum atomic E-state index is -0.627. The minimum absolute atomic E-state index is 0.0846. The summed E-state index contributed by atoms with van der Waals surface area (Å²) in [5.41, 5.74) is 3.87. The van der Waals surface area contributed by atoms with Crippen molar-refractivity contribution in [2.24, 2.45) is 5.92 Å². The molecule has 1 aliphatic rings. The molecule has 2 aromatic carbocycles. The van der Waals surface area contributed by atoms with Crippen molar-refractivity contribution in [3.05, 3.63) is 65.7 Å². The number of anilines is 1. The van der Waals surface area contributed by atoms with E-state index in [0.717, 1.165) is 36.5 Å². The number of carbonyl (C=O) groups excluding carboxylic acids is 1. The van der Waals surface area contributed by atoms with Gasteiger partial charge >= 0.3 is 6.09 Å². The molecule has 1 amide bonds. The second-order valence-corrected chi connectivity index (χ2v) is 12.2. The van der Waals surface area contributed by atoms with Gasteiger partial charge in [0.25, 0.3) is 0 Å². The molecule has 0 aliphatic carbocycles. The highest BCUT2D eigenvalue weighted by Gasteiger charge is 2.34. The highest BCUT2D eigenvalue weighted by Crippen LogP contribution is 2.31. The van der Waals surface area contributed by atoms with Gasteiger partial charge < -0.3 is 4.74 Å². The van der Waals surface area contributed by atoms with Crippen molar-refractivity contribution in [1.29, 1.82) is 5.26 Å². The Hall–Kier alpha value is -3.63. The summed E-state index contributed by atoms with van der Waals surface area (Å²) in [7, 11) is 0. The van der Waals surface area contributed by atoms with Crippen LogP contribution < -0.4 is 4.90 Å². The van der Waals surface area contributed by atoms with Crippen molar-refractivity contribution >= 4 is 11.9 Å². The molecule has 200 valence electrons. The molecule has 0 N–H and O–H groups in total. The lowest BCUT2D eigenvalue weighted by Crippen LogP contribution is -2.42. The molecule has 4 rings (SSSR count). The van der Waals surface area contributed by atoms with Gasteiger partial charge in [-0.2, -0.15) is 5.26 Å². The Balaban J connectivity index is 1.76. The standard InChI is InChI=1S/C31H39N5O2/c1-22-8-12-25(13-9-22)27-18-28(33-36(27)26-14-10-23(19-32)11-15-26)35(29(37)38-31(5,6)7)21-24-16-17-34(20-24)30(2,3)4/h8-15,18,24H,16-17,20-21H2,1-7H3.